The maximum Gasteiger partial charge on any atom is 0.0434 e. The number of rotatable bonds is 3. The summed E-state index contributed by atoms with van der Waals surface area (Å²) in [7, 11) is 0. The molecule has 0 amide bonds. The Morgan fingerprint density at radius 3 is 2.91 bits per heavy atom. The first kappa shape index (κ1) is 7.11. The maximum absolute atomic E-state index is 8.65. The van der Waals surface area contributed by atoms with E-state index in [4.69, 9.17) is 5.11 Å². The Kier molecular flexibility index (Phi) is 1.82. The van der Waals surface area contributed by atoms with Crippen molar-refractivity contribution in [1.82, 2.24) is 0 Å². The smallest absolute Gasteiger partial charge is 0.0434 e. The van der Waals surface area contributed by atoms with Gasteiger partial charge in [0.05, 0.1) is 0 Å². The van der Waals surface area contributed by atoms with Gasteiger partial charge in [0.1, 0.15) is 0 Å². The van der Waals surface area contributed by atoms with Crippen LogP contribution in [0.4, 0.5) is 0 Å². The molecule has 0 aromatic heterocycles. The van der Waals surface area contributed by atoms with Crippen molar-refractivity contribution in [2.45, 2.75) is 19.3 Å². The summed E-state index contributed by atoms with van der Waals surface area (Å²) in [4.78, 5) is 0. The predicted octanol–water partition coefficient (Wildman–Crippen LogP) is 1.89. The van der Waals surface area contributed by atoms with Crippen LogP contribution in [-0.2, 0) is 0 Å². The Hall–Kier alpha value is -0.560. The fourth-order valence-electron chi connectivity index (χ4n) is 2.08. The molecule has 1 N–H and O–H groups in total. The minimum atomic E-state index is 0.332. The number of aliphatic hydroxyl groups is 1. The van der Waals surface area contributed by atoms with E-state index in [0.717, 1.165) is 24.7 Å². The van der Waals surface area contributed by atoms with Crippen LogP contribution in [0.15, 0.2) is 23.8 Å². The molecular weight excluding hydrogens is 136 g/mol. The highest BCUT2D eigenvalue weighted by atomic mass is 16.2. The fourth-order valence-corrected chi connectivity index (χ4v) is 2.08. The molecule has 2 aliphatic rings. The second-order valence-electron chi connectivity index (χ2n) is 3.46. The molecule has 0 spiro atoms. The van der Waals surface area contributed by atoms with E-state index >= 15 is 0 Å². The molecule has 2 bridgehead atoms. The summed E-state index contributed by atoms with van der Waals surface area (Å²) in [5.74, 6) is 1.46. The Balaban J connectivity index is 1.92. The number of hydrogen-bond acceptors (Lipinski definition) is 1. The van der Waals surface area contributed by atoms with Crippen LogP contribution in [0.1, 0.15) is 19.3 Å². The standard InChI is InChI=1S/C10H14O/c11-5-1-2-9-6-8-3-4-10(9)7-8/h3-4,6,8,10-11H,1-2,5,7H2. The van der Waals surface area contributed by atoms with E-state index in [0.29, 0.717) is 6.61 Å². The van der Waals surface area contributed by atoms with Gasteiger partial charge < -0.3 is 5.11 Å². The molecule has 11 heavy (non-hydrogen) atoms. The summed E-state index contributed by atoms with van der Waals surface area (Å²) in [6.07, 6.45) is 10.3. The topological polar surface area (TPSA) is 20.2 Å². The van der Waals surface area contributed by atoms with Gasteiger partial charge in [-0.05, 0) is 31.1 Å². The number of aliphatic hydroxyl groups excluding tert-OH is 1. The second-order valence-corrected chi connectivity index (χ2v) is 3.46. The van der Waals surface area contributed by atoms with Crippen molar-refractivity contribution >= 4 is 0 Å². The average molecular weight is 150 g/mol. The first-order chi connectivity index (χ1) is 5.40. The van der Waals surface area contributed by atoms with Gasteiger partial charge in [-0.15, -0.1) is 0 Å². The van der Waals surface area contributed by atoms with Crippen molar-refractivity contribution in [2.75, 3.05) is 6.61 Å². The van der Waals surface area contributed by atoms with Crippen LogP contribution < -0.4 is 0 Å². The first-order valence-corrected chi connectivity index (χ1v) is 4.40. The van der Waals surface area contributed by atoms with Gasteiger partial charge in [-0.2, -0.15) is 0 Å². The third-order valence-corrected chi connectivity index (χ3v) is 2.64. The van der Waals surface area contributed by atoms with E-state index < -0.39 is 0 Å². The van der Waals surface area contributed by atoms with Gasteiger partial charge in [-0.1, -0.05) is 23.8 Å². The minimum Gasteiger partial charge on any atom is -0.396 e. The van der Waals surface area contributed by atoms with Crippen molar-refractivity contribution in [3.8, 4) is 0 Å². The Morgan fingerprint density at radius 1 is 1.45 bits per heavy atom. The van der Waals surface area contributed by atoms with E-state index in [1.807, 2.05) is 0 Å². The van der Waals surface area contributed by atoms with Gasteiger partial charge in [-0.25, -0.2) is 0 Å². The Morgan fingerprint density at radius 2 is 2.36 bits per heavy atom. The summed E-state index contributed by atoms with van der Waals surface area (Å²) in [6, 6.07) is 0. The van der Waals surface area contributed by atoms with Gasteiger partial charge >= 0.3 is 0 Å². The molecule has 0 saturated heterocycles. The van der Waals surface area contributed by atoms with Gasteiger partial charge in [-0.3, -0.25) is 0 Å². The van der Waals surface area contributed by atoms with E-state index in [-0.39, 0.29) is 0 Å². The highest BCUT2D eigenvalue weighted by molar-refractivity contribution is 5.29. The van der Waals surface area contributed by atoms with Crippen LogP contribution in [0.3, 0.4) is 0 Å². The highest BCUT2D eigenvalue weighted by Gasteiger charge is 2.26. The SMILES string of the molecule is OCCCC1=CC2C=CC1C2. The third-order valence-electron chi connectivity index (χ3n) is 2.64. The molecule has 0 radical (unpaired) electrons. The fraction of sp³-hybridized carbons (Fsp3) is 0.600. The van der Waals surface area contributed by atoms with Gasteiger partial charge in [0.25, 0.3) is 0 Å². The second kappa shape index (κ2) is 2.82. The quantitative estimate of drug-likeness (QED) is 0.609. The molecule has 0 aromatic carbocycles. The summed E-state index contributed by atoms with van der Waals surface area (Å²) >= 11 is 0. The van der Waals surface area contributed by atoms with Gasteiger partial charge in [0.2, 0.25) is 0 Å². The zero-order chi connectivity index (χ0) is 7.68. The molecule has 0 aromatic rings. The minimum absolute atomic E-state index is 0.332. The number of hydrogen-bond donors (Lipinski definition) is 1. The van der Waals surface area contributed by atoms with Crippen molar-refractivity contribution in [3.63, 3.8) is 0 Å². The molecular formula is C10H14O. The monoisotopic (exact) mass is 150 g/mol. The Labute approximate surface area is 67.4 Å². The zero-order valence-electron chi connectivity index (χ0n) is 6.66. The normalized spacial score (nSPS) is 33.0. The molecule has 1 nitrogen and oxygen atoms in total. The van der Waals surface area contributed by atoms with Crippen LogP contribution in [-0.4, -0.2) is 11.7 Å². The van der Waals surface area contributed by atoms with Crippen LogP contribution >= 0.6 is 0 Å². The van der Waals surface area contributed by atoms with Gasteiger partial charge in [0, 0.05) is 6.61 Å². The molecule has 0 aliphatic heterocycles. The maximum atomic E-state index is 8.65. The summed E-state index contributed by atoms with van der Waals surface area (Å²) in [5, 5.41) is 8.65. The molecule has 2 rings (SSSR count). The molecule has 0 fully saturated rings. The van der Waals surface area contributed by atoms with Crippen molar-refractivity contribution in [1.29, 1.82) is 0 Å². The lowest BCUT2D eigenvalue weighted by molar-refractivity contribution is 0.287. The molecule has 0 heterocycles. The third kappa shape index (κ3) is 1.25. The number of fused-ring (bicyclic) bond motifs is 2. The van der Waals surface area contributed by atoms with Crippen molar-refractivity contribution < 1.29 is 5.11 Å². The summed E-state index contributed by atoms with van der Waals surface area (Å²) < 4.78 is 0. The van der Waals surface area contributed by atoms with E-state index in [9.17, 15) is 0 Å². The van der Waals surface area contributed by atoms with Crippen LogP contribution in [0.5, 0.6) is 0 Å². The van der Waals surface area contributed by atoms with Gasteiger partial charge in [0.15, 0.2) is 0 Å². The Bertz CT molecular complexity index is 203. The van der Waals surface area contributed by atoms with Crippen LogP contribution in [0.2, 0.25) is 0 Å². The lowest BCUT2D eigenvalue weighted by Gasteiger charge is -2.07. The molecule has 1 heteroatoms. The molecule has 2 atom stereocenters. The van der Waals surface area contributed by atoms with E-state index in [1.165, 1.54) is 6.42 Å². The predicted molar refractivity (Wildman–Crippen MR) is 45.1 cm³/mol. The molecule has 2 unspecified atom stereocenters. The van der Waals surface area contributed by atoms with Crippen LogP contribution in [0, 0.1) is 11.8 Å². The van der Waals surface area contributed by atoms with Crippen molar-refractivity contribution in [2.24, 2.45) is 11.8 Å². The largest absolute Gasteiger partial charge is 0.396 e. The summed E-state index contributed by atoms with van der Waals surface area (Å²) in [6.45, 7) is 0.332. The first-order valence-electron chi connectivity index (χ1n) is 4.40. The van der Waals surface area contributed by atoms with E-state index in [2.05, 4.69) is 18.2 Å². The molecule has 0 saturated carbocycles. The highest BCUT2D eigenvalue weighted by Crippen LogP contribution is 2.39. The molecule has 60 valence electrons. The van der Waals surface area contributed by atoms with Crippen LogP contribution in [0.25, 0.3) is 0 Å². The zero-order valence-corrected chi connectivity index (χ0v) is 6.66. The number of allylic oxidation sites excluding steroid dienone is 4. The summed E-state index contributed by atoms with van der Waals surface area (Å²) in [5.41, 5.74) is 1.56. The molecule has 2 aliphatic carbocycles. The van der Waals surface area contributed by atoms with Crippen molar-refractivity contribution in [3.05, 3.63) is 23.8 Å². The lowest BCUT2D eigenvalue weighted by Crippen LogP contribution is -1.95. The van der Waals surface area contributed by atoms with E-state index in [1.54, 1.807) is 5.57 Å². The average Bonchev–Trinajstić information content (AvgIpc) is 2.60. The lowest BCUT2D eigenvalue weighted by atomic mass is 9.99.